The van der Waals surface area contributed by atoms with Gasteiger partial charge >= 0.3 is 5.69 Å². The molecule has 1 aromatic heterocycles. The number of aromatic nitrogens is 2. The molecule has 0 amide bonds. The van der Waals surface area contributed by atoms with Crippen LogP contribution >= 0.6 is 11.6 Å². The summed E-state index contributed by atoms with van der Waals surface area (Å²) in [5.41, 5.74) is -0.00441. The molecule has 0 saturated heterocycles. The summed E-state index contributed by atoms with van der Waals surface area (Å²) in [6, 6.07) is 6.83. The van der Waals surface area contributed by atoms with Gasteiger partial charge in [0.1, 0.15) is 5.75 Å². The second kappa shape index (κ2) is 5.67. The van der Waals surface area contributed by atoms with Crippen molar-refractivity contribution in [2.24, 2.45) is 0 Å². The first kappa shape index (κ1) is 13.3. The van der Waals surface area contributed by atoms with Crippen LogP contribution in [0.15, 0.2) is 41.5 Å². The summed E-state index contributed by atoms with van der Waals surface area (Å²) < 4.78 is 6.69. The van der Waals surface area contributed by atoms with Crippen LogP contribution in [0, 0.1) is 0 Å². The molecular weight excluding hydrogens is 268 g/mol. The number of rotatable bonds is 4. The Hall–Kier alpha value is -2.14. The minimum Gasteiger partial charge on any atom is -0.472 e. The average Bonchev–Trinajstić information content (AvgIpc) is 2.40. The Morgan fingerprint density at radius 1 is 1.42 bits per heavy atom. The van der Waals surface area contributed by atoms with Gasteiger partial charge in [-0.3, -0.25) is 9.36 Å². The van der Waals surface area contributed by atoms with Crippen LogP contribution in [0.25, 0.3) is 0 Å². The van der Waals surface area contributed by atoms with Crippen molar-refractivity contribution in [3.8, 4) is 5.75 Å². The second-order valence-electron chi connectivity index (χ2n) is 3.85. The van der Waals surface area contributed by atoms with E-state index >= 15 is 0 Å². The number of nitrogens with zero attached hydrogens (tertiary/aromatic N) is 2. The minimum atomic E-state index is -0.468. The van der Waals surface area contributed by atoms with Crippen molar-refractivity contribution in [1.82, 2.24) is 9.55 Å². The lowest BCUT2D eigenvalue weighted by atomic mass is 10.1. The van der Waals surface area contributed by atoms with Gasteiger partial charge in [-0.2, -0.15) is 4.98 Å². The third-order valence-electron chi connectivity index (χ3n) is 2.45. The van der Waals surface area contributed by atoms with E-state index < -0.39 is 5.69 Å². The van der Waals surface area contributed by atoms with Crippen molar-refractivity contribution in [3.05, 3.63) is 57.7 Å². The molecule has 0 saturated carbocycles. The van der Waals surface area contributed by atoms with Crippen LogP contribution < -0.4 is 10.4 Å². The molecule has 0 atom stereocenters. The second-order valence-corrected chi connectivity index (χ2v) is 4.29. The fourth-order valence-corrected chi connectivity index (χ4v) is 1.71. The Balaban J connectivity index is 2.21. The quantitative estimate of drug-likeness (QED) is 0.804. The highest BCUT2D eigenvalue weighted by Gasteiger charge is 2.08. The molecule has 0 fully saturated rings. The van der Waals surface area contributed by atoms with E-state index in [1.807, 2.05) is 0 Å². The number of ether oxygens (including phenoxy) is 1. The lowest BCUT2D eigenvalue weighted by molar-refractivity contribution is 0.101. The Labute approximate surface area is 114 Å². The van der Waals surface area contributed by atoms with Crippen LogP contribution in [0.2, 0.25) is 5.02 Å². The van der Waals surface area contributed by atoms with E-state index in [9.17, 15) is 9.59 Å². The van der Waals surface area contributed by atoms with E-state index in [0.29, 0.717) is 16.3 Å². The van der Waals surface area contributed by atoms with E-state index in [0.717, 1.165) is 0 Å². The van der Waals surface area contributed by atoms with Gasteiger partial charge in [-0.05, 0) is 19.1 Å². The molecule has 0 aliphatic rings. The summed E-state index contributed by atoms with van der Waals surface area (Å²) >= 11 is 5.75. The number of para-hydroxylation sites is 1. The van der Waals surface area contributed by atoms with Gasteiger partial charge in [-0.1, -0.05) is 23.7 Å². The highest BCUT2D eigenvalue weighted by Crippen LogP contribution is 2.18. The van der Waals surface area contributed by atoms with Crippen LogP contribution in [0.4, 0.5) is 0 Å². The van der Waals surface area contributed by atoms with Crippen molar-refractivity contribution >= 4 is 17.4 Å². The summed E-state index contributed by atoms with van der Waals surface area (Å²) in [7, 11) is 0. The van der Waals surface area contributed by atoms with Gasteiger partial charge in [0.15, 0.2) is 12.5 Å². The normalized spacial score (nSPS) is 10.2. The summed E-state index contributed by atoms with van der Waals surface area (Å²) in [4.78, 5) is 26.5. The highest BCUT2D eigenvalue weighted by atomic mass is 35.5. The Morgan fingerprint density at radius 3 is 2.89 bits per heavy atom. The Bertz CT molecular complexity index is 667. The molecule has 0 spiro atoms. The first-order valence-corrected chi connectivity index (χ1v) is 5.90. The summed E-state index contributed by atoms with van der Waals surface area (Å²) in [6.45, 7) is 1.39. The number of benzene rings is 1. The van der Waals surface area contributed by atoms with Crippen molar-refractivity contribution in [2.45, 2.75) is 13.7 Å². The molecule has 19 heavy (non-hydrogen) atoms. The number of halogens is 1. The maximum Gasteiger partial charge on any atom is 0.350 e. The van der Waals surface area contributed by atoms with Crippen LogP contribution in [0.5, 0.6) is 5.75 Å². The maximum atomic E-state index is 11.5. The van der Waals surface area contributed by atoms with E-state index in [4.69, 9.17) is 16.3 Å². The minimum absolute atomic E-state index is 0.0588. The number of hydrogen-bond acceptors (Lipinski definition) is 4. The molecule has 0 aliphatic carbocycles. The largest absolute Gasteiger partial charge is 0.472 e. The summed E-state index contributed by atoms with van der Waals surface area (Å²) in [5, 5.41) is 0.336. The average molecular weight is 279 g/mol. The molecule has 0 N–H and O–H groups in total. The smallest absolute Gasteiger partial charge is 0.350 e. The number of Topliss-reactive ketones (excluding diaryl/α,β-unsaturated/α-hetero) is 1. The maximum absolute atomic E-state index is 11.5. The lowest BCUT2D eigenvalue weighted by Crippen LogP contribution is -2.24. The first-order valence-electron chi connectivity index (χ1n) is 5.52. The molecule has 5 nitrogen and oxygen atoms in total. The van der Waals surface area contributed by atoms with Gasteiger partial charge in [0, 0.05) is 6.20 Å². The molecule has 6 heteroatoms. The summed E-state index contributed by atoms with van der Waals surface area (Å²) in [5.74, 6) is 0.314. The Kier molecular flexibility index (Phi) is 3.97. The van der Waals surface area contributed by atoms with Crippen molar-refractivity contribution in [2.75, 3.05) is 0 Å². The number of ketones is 1. The van der Waals surface area contributed by atoms with Gasteiger partial charge in [-0.15, -0.1) is 0 Å². The van der Waals surface area contributed by atoms with Gasteiger partial charge < -0.3 is 4.74 Å². The first-order chi connectivity index (χ1) is 9.08. The van der Waals surface area contributed by atoms with Crippen LogP contribution in [-0.2, 0) is 6.73 Å². The topological polar surface area (TPSA) is 61.2 Å². The van der Waals surface area contributed by atoms with Crippen LogP contribution in [-0.4, -0.2) is 15.3 Å². The third kappa shape index (κ3) is 3.20. The highest BCUT2D eigenvalue weighted by molar-refractivity contribution is 6.30. The SMILES string of the molecule is CC(=O)c1ccccc1OCn1cc(Cl)cnc1=O. The molecule has 1 aromatic carbocycles. The van der Waals surface area contributed by atoms with Gasteiger partial charge in [0.2, 0.25) is 0 Å². The van der Waals surface area contributed by atoms with Crippen molar-refractivity contribution < 1.29 is 9.53 Å². The molecule has 98 valence electrons. The van der Waals surface area contributed by atoms with Crippen molar-refractivity contribution in [3.63, 3.8) is 0 Å². The zero-order valence-electron chi connectivity index (χ0n) is 10.2. The number of hydrogen-bond donors (Lipinski definition) is 0. The lowest BCUT2D eigenvalue weighted by Gasteiger charge is -2.10. The van der Waals surface area contributed by atoms with Crippen molar-refractivity contribution in [1.29, 1.82) is 0 Å². The standard InChI is InChI=1S/C13H11ClN2O3/c1-9(17)11-4-2-3-5-12(11)19-8-16-7-10(14)6-15-13(16)18/h2-7H,8H2,1H3. The molecule has 0 unspecified atom stereocenters. The van der Waals surface area contributed by atoms with Crippen LogP contribution in [0.3, 0.4) is 0 Å². The molecule has 0 radical (unpaired) electrons. The third-order valence-corrected chi connectivity index (χ3v) is 2.64. The zero-order valence-corrected chi connectivity index (χ0v) is 10.9. The molecule has 0 bridgehead atoms. The van der Waals surface area contributed by atoms with Gasteiger partial charge in [0.05, 0.1) is 16.8 Å². The van der Waals surface area contributed by atoms with Gasteiger partial charge in [0.25, 0.3) is 0 Å². The zero-order chi connectivity index (χ0) is 13.8. The van der Waals surface area contributed by atoms with Gasteiger partial charge in [-0.25, -0.2) is 4.79 Å². The number of carbonyl (C=O) groups is 1. The molecule has 1 heterocycles. The number of carbonyl (C=O) groups excluding carboxylic acids is 1. The molecule has 0 aliphatic heterocycles. The van der Waals surface area contributed by atoms with E-state index in [1.54, 1.807) is 24.3 Å². The monoisotopic (exact) mass is 278 g/mol. The predicted octanol–water partition coefficient (Wildman–Crippen LogP) is 2.14. The molecule has 2 aromatic rings. The fourth-order valence-electron chi connectivity index (χ4n) is 1.54. The van der Waals surface area contributed by atoms with E-state index in [-0.39, 0.29) is 12.5 Å². The fraction of sp³-hybridized carbons (Fsp3) is 0.154. The van der Waals surface area contributed by atoms with E-state index in [2.05, 4.69) is 4.98 Å². The summed E-state index contributed by atoms with van der Waals surface area (Å²) in [6.07, 6.45) is 2.69. The van der Waals surface area contributed by atoms with Crippen LogP contribution in [0.1, 0.15) is 17.3 Å². The molecular formula is C13H11ClN2O3. The predicted molar refractivity (Wildman–Crippen MR) is 70.6 cm³/mol. The van der Waals surface area contributed by atoms with E-state index in [1.165, 1.54) is 23.9 Å². The molecule has 2 rings (SSSR count). The Morgan fingerprint density at radius 2 is 2.16 bits per heavy atom.